The maximum Gasteiger partial charge on any atom is 0.246 e. The van der Waals surface area contributed by atoms with Crippen molar-refractivity contribution in [3.05, 3.63) is 12.7 Å². The van der Waals surface area contributed by atoms with Crippen molar-refractivity contribution >= 4 is 5.91 Å². The Labute approximate surface area is 83.8 Å². The van der Waals surface area contributed by atoms with Gasteiger partial charge in [0, 0.05) is 0 Å². The van der Waals surface area contributed by atoms with E-state index in [1.165, 1.54) is 6.08 Å². The highest BCUT2D eigenvalue weighted by Crippen LogP contribution is 2.22. The van der Waals surface area contributed by atoms with Crippen LogP contribution in [0.4, 0.5) is 0 Å². The Hall–Kier alpha value is -0.870. The van der Waals surface area contributed by atoms with Crippen molar-refractivity contribution in [1.82, 2.24) is 4.90 Å². The topological polar surface area (TPSA) is 60.8 Å². The number of amides is 1. The minimum absolute atomic E-state index is 0.0456. The highest BCUT2D eigenvalue weighted by Gasteiger charge is 2.31. The molecule has 1 heterocycles. The number of carbonyl (C=O) groups is 1. The van der Waals surface area contributed by atoms with Crippen LogP contribution in [0.1, 0.15) is 19.3 Å². The first-order valence-electron chi connectivity index (χ1n) is 4.91. The van der Waals surface area contributed by atoms with Crippen LogP contribution in [0.25, 0.3) is 0 Å². The Morgan fingerprint density at radius 3 is 2.21 bits per heavy atom. The molecule has 0 radical (unpaired) electrons. The zero-order chi connectivity index (χ0) is 10.6. The summed E-state index contributed by atoms with van der Waals surface area (Å²) < 4.78 is 0. The second-order valence-electron chi connectivity index (χ2n) is 3.55. The molecule has 1 amide bonds. The van der Waals surface area contributed by atoms with Crippen molar-refractivity contribution in [2.24, 2.45) is 0 Å². The Balaban J connectivity index is 2.77. The van der Waals surface area contributed by atoms with E-state index in [0.29, 0.717) is 0 Å². The van der Waals surface area contributed by atoms with Crippen LogP contribution in [0.2, 0.25) is 0 Å². The second-order valence-corrected chi connectivity index (χ2v) is 3.55. The van der Waals surface area contributed by atoms with Gasteiger partial charge in [-0.05, 0) is 25.3 Å². The molecule has 0 bridgehead atoms. The van der Waals surface area contributed by atoms with Crippen molar-refractivity contribution < 1.29 is 15.0 Å². The summed E-state index contributed by atoms with van der Waals surface area (Å²) in [6.07, 6.45) is 3.77. The maximum absolute atomic E-state index is 11.5. The van der Waals surface area contributed by atoms with Gasteiger partial charge in [0.05, 0.1) is 25.3 Å². The lowest BCUT2D eigenvalue weighted by atomic mass is 9.96. The first-order valence-corrected chi connectivity index (χ1v) is 4.91. The molecule has 80 valence electrons. The predicted molar refractivity (Wildman–Crippen MR) is 52.6 cm³/mol. The van der Waals surface area contributed by atoms with Gasteiger partial charge in [-0.25, -0.2) is 0 Å². The van der Waals surface area contributed by atoms with Crippen LogP contribution in [0.15, 0.2) is 12.7 Å². The largest absolute Gasteiger partial charge is 0.394 e. The Morgan fingerprint density at radius 2 is 1.86 bits per heavy atom. The number of likely N-dealkylation sites (tertiary alicyclic amines) is 1. The number of rotatable bonds is 3. The molecule has 2 N–H and O–H groups in total. The third-order valence-corrected chi connectivity index (χ3v) is 2.71. The smallest absolute Gasteiger partial charge is 0.246 e. The Morgan fingerprint density at radius 1 is 1.36 bits per heavy atom. The molecular weight excluding hydrogens is 182 g/mol. The molecular formula is C10H17NO3. The highest BCUT2D eigenvalue weighted by molar-refractivity contribution is 5.87. The summed E-state index contributed by atoms with van der Waals surface area (Å²) >= 11 is 0. The average Bonchev–Trinajstić information content (AvgIpc) is 2.26. The van der Waals surface area contributed by atoms with Crippen LogP contribution in [-0.2, 0) is 4.79 Å². The number of hydrogen-bond acceptors (Lipinski definition) is 3. The quantitative estimate of drug-likeness (QED) is 0.624. The molecule has 0 aromatic rings. The van der Waals surface area contributed by atoms with Crippen LogP contribution in [-0.4, -0.2) is 46.3 Å². The van der Waals surface area contributed by atoms with Crippen molar-refractivity contribution in [2.75, 3.05) is 13.2 Å². The lowest BCUT2D eigenvalue weighted by Gasteiger charge is -2.40. The number of hydrogen-bond donors (Lipinski definition) is 2. The summed E-state index contributed by atoms with van der Waals surface area (Å²) in [5.74, 6) is -0.206. The number of piperidine rings is 1. The molecule has 1 aliphatic rings. The molecule has 1 saturated heterocycles. The maximum atomic E-state index is 11.5. The zero-order valence-corrected chi connectivity index (χ0v) is 8.22. The van der Waals surface area contributed by atoms with Crippen molar-refractivity contribution in [1.29, 1.82) is 0 Å². The molecule has 0 saturated carbocycles. The third-order valence-electron chi connectivity index (χ3n) is 2.71. The molecule has 2 atom stereocenters. The van der Waals surface area contributed by atoms with E-state index < -0.39 is 0 Å². The minimum Gasteiger partial charge on any atom is -0.394 e. The van der Waals surface area contributed by atoms with E-state index in [2.05, 4.69) is 6.58 Å². The van der Waals surface area contributed by atoms with E-state index in [1.54, 1.807) is 4.90 Å². The van der Waals surface area contributed by atoms with E-state index in [0.717, 1.165) is 19.3 Å². The van der Waals surface area contributed by atoms with E-state index in [9.17, 15) is 4.79 Å². The lowest BCUT2D eigenvalue weighted by Crippen LogP contribution is -2.52. The van der Waals surface area contributed by atoms with Gasteiger partial charge >= 0.3 is 0 Å². The molecule has 1 aliphatic heterocycles. The molecule has 14 heavy (non-hydrogen) atoms. The summed E-state index contributed by atoms with van der Waals surface area (Å²) in [6.45, 7) is 3.33. The van der Waals surface area contributed by atoms with Crippen molar-refractivity contribution in [3.8, 4) is 0 Å². The first kappa shape index (κ1) is 11.2. The van der Waals surface area contributed by atoms with Crippen molar-refractivity contribution in [3.63, 3.8) is 0 Å². The van der Waals surface area contributed by atoms with Gasteiger partial charge in [-0.15, -0.1) is 0 Å². The summed E-state index contributed by atoms with van der Waals surface area (Å²) in [4.78, 5) is 13.0. The van der Waals surface area contributed by atoms with Gasteiger partial charge < -0.3 is 15.1 Å². The normalized spacial score (nSPS) is 27.4. The van der Waals surface area contributed by atoms with Crippen LogP contribution in [0.5, 0.6) is 0 Å². The highest BCUT2D eigenvalue weighted by atomic mass is 16.3. The summed E-state index contributed by atoms with van der Waals surface area (Å²) in [5, 5.41) is 18.2. The van der Waals surface area contributed by atoms with Gasteiger partial charge in [-0.1, -0.05) is 6.58 Å². The third kappa shape index (κ3) is 2.13. The summed E-state index contributed by atoms with van der Waals surface area (Å²) in [7, 11) is 0. The van der Waals surface area contributed by atoms with E-state index in [1.807, 2.05) is 0 Å². The van der Waals surface area contributed by atoms with E-state index >= 15 is 0 Å². The van der Waals surface area contributed by atoms with E-state index in [-0.39, 0.29) is 31.2 Å². The molecule has 1 rings (SSSR count). The van der Waals surface area contributed by atoms with Gasteiger partial charge in [-0.3, -0.25) is 4.79 Å². The molecule has 0 aromatic heterocycles. The van der Waals surface area contributed by atoms with Crippen LogP contribution in [0, 0.1) is 0 Å². The van der Waals surface area contributed by atoms with Gasteiger partial charge in [0.2, 0.25) is 5.91 Å². The fourth-order valence-electron chi connectivity index (χ4n) is 1.99. The number of nitrogens with zero attached hydrogens (tertiary/aromatic N) is 1. The Kier molecular flexibility index (Phi) is 4.10. The predicted octanol–water partition coefficient (Wildman–Crippen LogP) is -0.0933. The molecule has 1 fully saturated rings. The Bertz CT molecular complexity index is 205. The van der Waals surface area contributed by atoms with Gasteiger partial charge in [0.15, 0.2) is 0 Å². The van der Waals surface area contributed by atoms with Gasteiger partial charge in [-0.2, -0.15) is 0 Å². The van der Waals surface area contributed by atoms with Crippen LogP contribution >= 0.6 is 0 Å². The van der Waals surface area contributed by atoms with Crippen LogP contribution in [0.3, 0.4) is 0 Å². The number of aliphatic hydroxyl groups is 2. The SMILES string of the molecule is C=CC(=O)N1[C@H](CO)CCC[C@@H]1CO. The van der Waals surface area contributed by atoms with Gasteiger partial charge in [0.25, 0.3) is 0 Å². The standard InChI is InChI=1S/C10H17NO3/c1-2-10(14)11-8(6-12)4-3-5-9(11)7-13/h2,8-9,12-13H,1,3-7H2/t8-,9+. The summed E-state index contributed by atoms with van der Waals surface area (Å²) in [6, 6.07) is -0.321. The fraction of sp³-hybridized carbons (Fsp3) is 0.700. The minimum atomic E-state index is -0.206. The molecule has 0 spiro atoms. The number of carbonyl (C=O) groups excluding carboxylic acids is 1. The van der Waals surface area contributed by atoms with Gasteiger partial charge in [0.1, 0.15) is 0 Å². The molecule has 0 aromatic carbocycles. The zero-order valence-electron chi connectivity index (χ0n) is 8.22. The molecule has 4 nitrogen and oxygen atoms in total. The lowest BCUT2D eigenvalue weighted by molar-refractivity contribution is -0.135. The second kappa shape index (κ2) is 5.12. The number of aliphatic hydroxyl groups excluding tert-OH is 2. The fourth-order valence-corrected chi connectivity index (χ4v) is 1.99. The molecule has 0 aliphatic carbocycles. The molecule has 4 heteroatoms. The average molecular weight is 199 g/mol. The van der Waals surface area contributed by atoms with E-state index in [4.69, 9.17) is 10.2 Å². The van der Waals surface area contributed by atoms with Crippen molar-refractivity contribution in [2.45, 2.75) is 31.3 Å². The molecule has 0 unspecified atom stereocenters. The monoisotopic (exact) mass is 199 g/mol. The first-order chi connectivity index (χ1) is 6.74. The summed E-state index contributed by atoms with van der Waals surface area (Å²) in [5.41, 5.74) is 0. The van der Waals surface area contributed by atoms with Crippen LogP contribution < -0.4 is 0 Å².